The number of hydrogen-bond donors (Lipinski definition) is 1. The molecule has 0 unspecified atom stereocenters. The summed E-state index contributed by atoms with van der Waals surface area (Å²) >= 11 is 7.16. The number of carbonyl (C=O) groups is 1. The summed E-state index contributed by atoms with van der Waals surface area (Å²) in [5, 5.41) is 2.01. The molecule has 2 aliphatic rings. The Hall–Kier alpha value is -2.69. The van der Waals surface area contributed by atoms with Gasteiger partial charge in [-0.2, -0.15) is 0 Å². The van der Waals surface area contributed by atoms with Crippen LogP contribution < -0.4 is 14.5 Å². The van der Waals surface area contributed by atoms with Gasteiger partial charge < -0.3 is 9.80 Å². The number of benzene rings is 2. The molecule has 1 aromatic heterocycles. The van der Waals surface area contributed by atoms with Crippen molar-refractivity contribution in [3.63, 3.8) is 0 Å². The summed E-state index contributed by atoms with van der Waals surface area (Å²) in [5.41, 5.74) is 2.27. The topological polar surface area (TPSA) is 82.6 Å². The third-order valence-electron chi connectivity index (χ3n) is 5.72. The normalized spacial score (nSPS) is 18.3. The van der Waals surface area contributed by atoms with E-state index < -0.39 is 15.8 Å². The summed E-state index contributed by atoms with van der Waals surface area (Å²) in [6.07, 6.45) is 2.79. The van der Waals surface area contributed by atoms with Crippen molar-refractivity contribution < 1.29 is 17.6 Å². The average molecular weight is 493 g/mol. The van der Waals surface area contributed by atoms with E-state index in [1.54, 1.807) is 28.5 Å². The molecule has 2 aliphatic heterocycles. The van der Waals surface area contributed by atoms with Crippen molar-refractivity contribution in [2.24, 2.45) is 0 Å². The first-order valence-electron chi connectivity index (χ1n) is 9.92. The maximum absolute atomic E-state index is 13.8. The van der Waals surface area contributed by atoms with Crippen LogP contribution in [-0.2, 0) is 21.2 Å². The van der Waals surface area contributed by atoms with E-state index in [1.165, 1.54) is 35.7 Å². The van der Waals surface area contributed by atoms with E-state index in [-0.39, 0.29) is 27.0 Å². The van der Waals surface area contributed by atoms with Crippen LogP contribution in [0.2, 0.25) is 5.02 Å². The van der Waals surface area contributed by atoms with Gasteiger partial charge in [0, 0.05) is 36.0 Å². The first-order chi connectivity index (χ1) is 15.3. The Morgan fingerprint density at radius 1 is 1.19 bits per heavy atom. The Morgan fingerprint density at radius 3 is 2.69 bits per heavy atom. The molecule has 1 fully saturated rings. The zero-order chi connectivity index (χ0) is 22.5. The van der Waals surface area contributed by atoms with E-state index in [0.29, 0.717) is 31.6 Å². The molecule has 0 radical (unpaired) electrons. The smallest absolute Gasteiger partial charge is 0.263 e. The monoisotopic (exact) mass is 492 g/mol. The van der Waals surface area contributed by atoms with Gasteiger partial charge in [-0.1, -0.05) is 11.6 Å². The molecule has 1 amide bonds. The van der Waals surface area contributed by atoms with Gasteiger partial charge in [0.1, 0.15) is 11.9 Å². The molecule has 2 aromatic carbocycles. The lowest BCUT2D eigenvalue weighted by atomic mass is 10.1. The van der Waals surface area contributed by atoms with Crippen molar-refractivity contribution in [3.05, 3.63) is 64.4 Å². The molecule has 7 nitrogen and oxygen atoms in total. The Kier molecular flexibility index (Phi) is 5.31. The maximum Gasteiger partial charge on any atom is 0.263 e. The first-order valence-corrected chi connectivity index (χ1v) is 12.7. The van der Waals surface area contributed by atoms with Crippen LogP contribution in [0.25, 0.3) is 0 Å². The second-order valence-electron chi connectivity index (χ2n) is 7.57. The lowest BCUT2D eigenvalue weighted by Crippen LogP contribution is -2.41. The van der Waals surface area contributed by atoms with Crippen molar-refractivity contribution in [2.45, 2.75) is 23.8 Å². The van der Waals surface area contributed by atoms with Crippen LogP contribution in [0, 0.1) is 5.82 Å². The Morgan fingerprint density at radius 2 is 1.97 bits per heavy atom. The molecule has 166 valence electrons. The molecule has 3 heterocycles. The zero-order valence-electron chi connectivity index (χ0n) is 16.7. The van der Waals surface area contributed by atoms with Gasteiger partial charge in [-0.05, 0) is 54.8 Å². The predicted molar refractivity (Wildman–Crippen MR) is 123 cm³/mol. The van der Waals surface area contributed by atoms with Crippen LogP contribution >= 0.6 is 22.9 Å². The van der Waals surface area contributed by atoms with Gasteiger partial charge in [0.05, 0.1) is 9.92 Å². The fourth-order valence-corrected chi connectivity index (χ4v) is 6.14. The highest BCUT2D eigenvalue weighted by molar-refractivity contribution is 7.93. The SMILES string of the molecule is O=C1[C@@H](N2CCc3cc(F)c(Cl)cc32)CCN1c1ccc(S(=O)(=O)Nc2nccs2)cc1. The van der Waals surface area contributed by atoms with Crippen molar-refractivity contribution in [1.82, 2.24) is 4.98 Å². The average Bonchev–Trinajstić information content (AvgIpc) is 3.49. The predicted octanol–water partition coefficient (Wildman–Crippen LogP) is 3.90. The number of amides is 1. The van der Waals surface area contributed by atoms with E-state index in [0.717, 1.165) is 11.3 Å². The molecule has 1 saturated heterocycles. The molecule has 0 saturated carbocycles. The van der Waals surface area contributed by atoms with Crippen LogP contribution in [0.4, 0.5) is 20.9 Å². The summed E-state index contributed by atoms with van der Waals surface area (Å²) < 4.78 is 41.3. The number of fused-ring (bicyclic) bond motifs is 1. The Balaban J connectivity index is 1.33. The largest absolute Gasteiger partial charge is 0.359 e. The lowest BCUT2D eigenvalue weighted by molar-refractivity contribution is -0.118. The van der Waals surface area contributed by atoms with Crippen LogP contribution in [0.1, 0.15) is 12.0 Å². The molecule has 32 heavy (non-hydrogen) atoms. The number of halogens is 2. The summed E-state index contributed by atoms with van der Waals surface area (Å²) in [4.78, 5) is 20.8. The van der Waals surface area contributed by atoms with E-state index in [4.69, 9.17) is 11.6 Å². The zero-order valence-corrected chi connectivity index (χ0v) is 19.1. The van der Waals surface area contributed by atoms with Gasteiger partial charge in [-0.3, -0.25) is 9.52 Å². The molecule has 11 heteroatoms. The molecule has 5 rings (SSSR count). The number of aromatic nitrogens is 1. The fraction of sp³-hybridized carbons (Fsp3) is 0.238. The van der Waals surface area contributed by atoms with Gasteiger partial charge >= 0.3 is 0 Å². The summed E-state index contributed by atoms with van der Waals surface area (Å²) in [7, 11) is -3.76. The highest BCUT2D eigenvalue weighted by atomic mass is 35.5. The number of rotatable bonds is 5. The van der Waals surface area contributed by atoms with Gasteiger partial charge in [-0.15, -0.1) is 11.3 Å². The standard InChI is InChI=1S/C21H18ClFN4O3S2/c22-16-12-19-13(11-17(16)23)5-8-27(19)18-6-9-26(20(18)28)14-1-3-15(4-2-14)32(29,30)25-21-24-7-10-31-21/h1-4,7,10-12,18H,5-6,8-9H2,(H,24,25)/t18-/m0/s1. The van der Waals surface area contributed by atoms with Crippen molar-refractivity contribution in [3.8, 4) is 0 Å². The number of nitrogens with one attached hydrogen (secondary N) is 1. The van der Waals surface area contributed by atoms with E-state index >= 15 is 0 Å². The summed E-state index contributed by atoms with van der Waals surface area (Å²) in [5.74, 6) is -0.527. The fourth-order valence-electron chi connectivity index (χ4n) is 4.19. The molecule has 0 aliphatic carbocycles. The van der Waals surface area contributed by atoms with Gasteiger partial charge in [0.2, 0.25) is 5.91 Å². The minimum Gasteiger partial charge on any atom is -0.359 e. The van der Waals surface area contributed by atoms with E-state index in [9.17, 15) is 17.6 Å². The summed E-state index contributed by atoms with van der Waals surface area (Å²) in [6, 6.07) is 8.85. The van der Waals surface area contributed by atoms with Crippen molar-refractivity contribution >= 4 is 55.4 Å². The van der Waals surface area contributed by atoms with E-state index in [1.807, 2.05) is 4.90 Å². The number of sulfonamides is 1. The highest BCUT2D eigenvalue weighted by Gasteiger charge is 2.39. The first kappa shape index (κ1) is 21.2. The number of nitrogens with zero attached hydrogens (tertiary/aromatic N) is 3. The van der Waals surface area contributed by atoms with Gasteiger partial charge in [0.25, 0.3) is 10.0 Å². The molecular weight excluding hydrogens is 475 g/mol. The Labute approximate surface area is 193 Å². The highest BCUT2D eigenvalue weighted by Crippen LogP contribution is 2.37. The second-order valence-corrected chi connectivity index (χ2v) is 10.6. The number of anilines is 3. The number of hydrogen-bond acceptors (Lipinski definition) is 6. The molecule has 1 N–H and O–H groups in total. The van der Waals surface area contributed by atoms with Crippen LogP contribution in [0.3, 0.4) is 0 Å². The molecule has 3 aromatic rings. The lowest BCUT2D eigenvalue weighted by Gasteiger charge is -2.26. The molecule has 0 bridgehead atoms. The third-order valence-corrected chi connectivity index (χ3v) is 8.18. The number of thiazole rings is 1. The van der Waals surface area contributed by atoms with E-state index in [2.05, 4.69) is 9.71 Å². The minimum atomic E-state index is -3.76. The molecular formula is C21H18ClFN4O3S2. The van der Waals surface area contributed by atoms with Crippen molar-refractivity contribution in [2.75, 3.05) is 27.6 Å². The summed E-state index contributed by atoms with van der Waals surface area (Å²) in [6.45, 7) is 1.13. The maximum atomic E-state index is 13.8. The second kappa shape index (κ2) is 8.02. The molecule has 0 spiro atoms. The number of carbonyl (C=O) groups excluding carboxylic acids is 1. The third kappa shape index (κ3) is 3.72. The van der Waals surface area contributed by atoms with Crippen LogP contribution in [0.15, 0.2) is 52.9 Å². The van der Waals surface area contributed by atoms with Crippen LogP contribution in [0.5, 0.6) is 0 Å². The quantitative estimate of drug-likeness (QED) is 0.584. The van der Waals surface area contributed by atoms with Gasteiger partial charge in [-0.25, -0.2) is 17.8 Å². The van der Waals surface area contributed by atoms with Crippen LogP contribution in [-0.4, -0.2) is 38.4 Å². The minimum absolute atomic E-state index is 0.0427. The van der Waals surface area contributed by atoms with Crippen molar-refractivity contribution in [1.29, 1.82) is 0 Å². The van der Waals surface area contributed by atoms with Gasteiger partial charge in [0.15, 0.2) is 5.13 Å². The molecule has 1 atom stereocenters. The Bertz CT molecular complexity index is 1280.